The van der Waals surface area contributed by atoms with Crippen molar-refractivity contribution in [1.82, 2.24) is 0 Å². The van der Waals surface area contributed by atoms with E-state index in [0.717, 1.165) is 25.9 Å². The molecule has 0 aromatic heterocycles. The lowest BCUT2D eigenvalue weighted by Gasteiger charge is -2.24. The van der Waals surface area contributed by atoms with E-state index in [-0.39, 0.29) is 6.10 Å². The maximum atomic E-state index is 12.4. The van der Waals surface area contributed by atoms with Gasteiger partial charge in [0.1, 0.15) is 0 Å². The molecule has 0 radical (unpaired) electrons. The van der Waals surface area contributed by atoms with Gasteiger partial charge in [-0.3, -0.25) is 4.57 Å². The van der Waals surface area contributed by atoms with Gasteiger partial charge in [-0.15, -0.1) is 0 Å². The summed E-state index contributed by atoms with van der Waals surface area (Å²) in [6, 6.07) is 2.04. The van der Waals surface area contributed by atoms with E-state index >= 15 is 0 Å². The average molecular weight is 259 g/mol. The van der Waals surface area contributed by atoms with Gasteiger partial charge in [-0.05, 0) is 32.6 Å². The summed E-state index contributed by atoms with van der Waals surface area (Å²) < 4.78 is 23.4. The van der Waals surface area contributed by atoms with Gasteiger partial charge in [0.25, 0.3) is 0 Å². The standard InChI is InChI=1S/C12H22NO3P/c1-2-16-17(14,10-5-8-13)11-7-12-6-3-4-9-15-12/h12H,2-7,9-11H2,1H3. The Bertz CT molecular complexity index is 295. The molecule has 1 heterocycles. The molecule has 0 bridgehead atoms. The number of hydrogen-bond donors (Lipinski definition) is 0. The molecule has 0 amide bonds. The van der Waals surface area contributed by atoms with Crippen molar-refractivity contribution in [2.24, 2.45) is 0 Å². The Morgan fingerprint density at radius 1 is 1.47 bits per heavy atom. The maximum Gasteiger partial charge on any atom is 0.204 e. The Kier molecular flexibility index (Phi) is 6.80. The van der Waals surface area contributed by atoms with Gasteiger partial charge in [0.2, 0.25) is 7.37 Å². The Labute approximate surface area is 104 Å². The highest BCUT2D eigenvalue weighted by Crippen LogP contribution is 2.48. The van der Waals surface area contributed by atoms with Crippen LogP contribution in [0.4, 0.5) is 0 Å². The van der Waals surface area contributed by atoms with Gasteiger partial charge in [-0.1, -0.05) is 0 Å². The molecule has 1 aliphatic rings. The maximum absolute atomic E-state index is 12.4. The summed E-state index contributed by atoms with van der Waals surface area (Å²) in [6.07, 6.45) is 5.66. The smallest absolute Gasteiger partial charge is 0.204 e. The summed E-state index contributed by atoms with van der Waals surface area (Å²) in [4.78, 5) is 0. The summed E-state index contributed by atoms with van der Waals surface area (Å²) in [7, 11) is -2.60. The van der Waals surface area contributed by atoms with Crippen LogP contribution in [0.25, 0.3) is 0 Å². The SMILES string of the molecule is CCOP(=O)(CCC#N)CCC1CCCCO1. The highest BCUT2D eigenvalue weighted by atomic mass is 31.2. The molecular weight excluding hydrogens is 237 g/mol. The minimum absolute atomic E-state index is 0.236. The van der Waals surface area contributed by atoms with Crippen LogP contribution >= 0.6 is 7.37 Å². The zero-order chi connectivity index (χ0) is 12.6. The molecule has 2 atom stereocenters. The van der Waals surface area contributed by atoms with Crippen molar-refractivity contribution in [1.29, 1.82) is 5.26 Å². The third-order valence-corrected chi connectivity index (χ3v) is 5.57. The molecule has 0 N–H and O–H groups in total. The Morgan fingerprint density at radius 3 is 2.88 bits per heavy atom. The van der Waals surface area contributed by atoms with E-state index in [4.69, 9.17) is 14.5 Å². The van der Waals surface area contributed by atoms with Gasteiger partial charge in [0.15, 0.2) is 0 Å². The van der Waals surface area contributed by atoms with Gasteiger partial charge in [0, 0.05) is 25.4 Å². The van der Waals surface area contributed by atoms with Crippen molar-refractivity contribution in [3.63, 3.8) is 0 Å². The van der Waals surface area contributed by atoms with Crippen LogP contribution < -0.4 is 0 Å². The van der Waals surface area contributed by atoms with E-state index in [2.05, 4.69) is 0 Å². The quantitative estimate of drug-likeness (QED) is 0.659. The predicted octanol–water partition coefficient (Wildman–Crippen LogP) is 3.17. The van der Waals surface area contributed by atoms with Crippen LogP contribution in [0.15, 0.2) is 0 Å². The summed E-state index contributed by atoms with van der Waals surface area (Å²) in [5, 5.41) is 8.56. The second-order valence-electron chi connectivity index (χ2n) is 4.36. The summed E-state index contributed by atoms with van der Waals surface area (Å²) in [5.41, 5.74) is 0. The minimum atomic E-state index is -2.60. The highest BCUT2D eigenvalue weighted by molar-refractivity contribution is 7.58. The monoisotopic (exact) mass is 259 g/mol. The number of nitriles is 1. The van der Waals surface area contributed by atoms with E-state index in [1.165, 1.54) is 6.42 Å². The van der Waals surface area contributed by atoms with Crippen LogP contribution in [0.1, 0.15) is 39.0 Å². The lowest BCUT2D eigenvalue weighted by atomic mass is 10.1. The number of nitrogens with zero attached hydrogens (tertiary/aromatic N) is 1. The zero-order valence-electron chi connectivity index (χ0n) is 10.6. The molecular formula is C12H22NO3P. The summed E-state index contributed by atoms with van der Waals surface area (Å²) in [5.74, 6) is 0. The molecule has 0 spiro atoms. The second kappa shape index (κ2) is 7.87. The topological polar surface area (TPSA) is 59.3 Å². The molecule has 1 rings (SSSR count). The first-order chi connectivity index (χ1) is 8.20. The molecule has 17 heavy (non-hydrogen) atoms. The van der Waals surface area contributed by atoms with Gasteiger partial charge >= 0.3 is 0 Å². The normalized spacial score (nSPS) is 23.9. The molecule has 1 fully saturated rings. The van der Waals surface area contributed by atoms with E-state index < -0.39 is 7.37 Å². The molecule has 4 nitrogen and oxygen atoms in total. The average Bonchev–Trinajstić information content (AvgIpc) is 2.36. The van der Waals surface area contributed by atoms with E-state index in [1.807, 2.05) is 13.0 Å². The molecule has 98 valence electrons. The van der Waals surface area contributed by atoms with Crippen LogP contribution in [-0.2, 0) is 13.8 Å². The van der Waals surface area contributed by atoms with Crippen molar-refractivity contribution in [2.45, 2.75) is 45.1 Å². The third kappa shape index (κ3) is 5.68. The molecule has 1 saturated heterocycles. The molecule has 0 aromatic carbocycles. The molecule has 0 aliphatic carbocycles. The van der Waals surface area contributed by atoms with Crippen molar-refractivity contribution in [3.05, 3.63) is 0 Å². The zero-order valence-corrected chi connectivity index (χ0v) is 11.5. The molecule has 0 saturated carbocycles. The van der Waals surface area contributed by atoms with Crippen LogP contribution in [-0.4, -0.2) is 31.6 Å². The lowest BCUT2D eigenvalue weighted by Crippen LogP contribution is -2.20. The van der Waals surface area contributed by atoms with Crippen molar-refractivity contribution in [3.8, 4) is 6.07 Å². The third-order valence-electron chi connectivity index (χ3n) is 2.99. The Morgan fingerprint density at radius 2 is 2.29 bits per heavy atom. The molecule has 5 heteroatoms. The number of ether oxygens (including phenoxy) is 1. The minimum Gasteiger partial charge on any atom is -0.378 e. The first-order valence-electron chi connectivity index (χ1n) is 6.41. The first kappa shape index (κ1) is 14.7. The van der Waals surface area contributed by atoms with Gasteiger partial charge < -0.3 is 9.26 Å². The van der Waals surface area contributed by atoms with Crippen LogP contribution in [0, 0.1) is 11.3 Å². The number of rotatable bonds is 7. The molecule has 2 unspecified atom stereocenters. The fraction of sp³-hybridized carbons (Fsp3) is 0.917. The molecule has 1 aliphatic heterocycles. The van der Waals surface area contributed by atoms with Gasteiger partial charge in [-0.25, -0.2) is 0 Å². The predicted molar refractivity (Wildman–Crippen MR) is 67.4 cm³/mol. The Hall–Kier alpha value is -0.360. The van der Waals surface area contributed by atoms with Gasteiger partial charge in [0.05, 0.1) is 18.8 Å². The fourth-order valence-electron chi connectivity index (χ4n) is 2.07. The van der Waals surface area contributed by atoms with Crippen LogP contribution in [0.2, 0.25) is 0 Å². The Balaban J connectivity index is 2.37. The largest absolute Gasteiger partial charge is 0.378 e. The number of hydrogen-bond acceptors (Lipinski definition) is 4. The highest BCUT2D eigenvalue weighted by Gasteiger charge is 2.25. The summed E-state index contributed by atoms with van der Waals surface area (Å²) >= 11 is 0. The van der Waals surface area contributed by atoms with E-state index in [1.54, 1.807) is 0 Å². The lowest BCUT2D eigenvalue weighted by molar-refractivity contribution is 0.0143. The first-order valence-corrected chi connectivity index (χ1v) is 8.41. The van der Waals surface area contributed by atoms with Crippen molar-refractivity contribution >= 4 is 7.37 Å². The van der Waals surface area contributed by atoms with E-state index in [0.29, 0.717) is 25.4 Å². The van der Waals surface area contributed by atoms with Crippen LogP contribution in [0.5, 0.6) is 0 Å². The molecule has 0 aromatic rings. The van der Waals surface area contributed by atoms with Gasteiger partial charge in [-0.2, -0.15) is 5.26 Å². The fourth-order valence-corrected chi connectivity index (χ4v) is 4.15. The second-order valence-corrected chi connectivity index (χ2v) is 7.15. The van der Waals surface area contributed by atoms with Crippen molar-refractivity contribution in [2.75, 3.05) is 25.5 Å². The summed E-state index contributed by atoms with van der Waals surface area (Å²) in [6.45, 7) is 3.12. The van der Waals surface area contributed by atoms with Crippen molar-refractivity contribution < 1.29 is 13.8 Å². The van der Waals surface area contributed by atoms with Crippen LogP contribution in [0.3, 0.4) is 0 Å². The van der Waals surface area contributed by atoms with E-state index in [9.17, 15) is 4.57 Å².